The summed E-state index contributed by atoms with van der Waals surface area (Å²) in [6.45, 7) is 8.18. The van der Waals surface area contributed by atoms with Crippen LogP contribution in [0.5, 0.6) is 0 Å². The lowest BCUT2D eigenvalue weighted by atomic mass is 10.1. The van der Waals surface area contributed by atoms with Crippen LogP contribution in [0.2, 0.25) is 0 Å². The number of anilines is 1. The van der Waals surface area contributed by atoms with Gasteiger partial charge in [0.15, 0.2) is 11.5 Å². The van der Waals surface area contributed by atoms with E-state index in [2.05, 4.69) is 43.0 Å². The van der Waals surface area contributed by atoms with Gasteiger partial charge in [-0.1, -0.05) is 12.1 Å². The van der Waals surface area contributed by atoms with Crippen LogP contribution in [-0.2, 0) is 17.6 Å². The summed E-state index contributed by atoms with van der Waals surface area (Å²) >= 11 is 0. The fourth-order valence-electron chi connectivity index (χ4n) is 3.38. The number of ether oxygens (including phenoxy) is 1. The Morgan fingerprint density at radius 3 is 2.92 bits per heavy atom. The monoisotopic (exact) mass is 354 g/mol. The van der Waals surface area contributed by atoms with Crippen molar-refractivity contribution in [2.45, 2.75) is 39.7 Å². The van der Waals surface area contributed by atoms with Gasteiger partial charge in [0, 0.05) is 31.6 Å². The quantitative estimate of drug-likeness (QED) is 0.703. The molecule has 0 radical (unpaired) electrons. The summed E-state index contributed by atoms with van der Waals surface area (Å²) in [7, 11) is 0. The number of hydrogen-bond donors (Lipinski definition) is 0. The number of morpholine rings is 1. The normalized spacial score (nSPS) is 17.8. The van der Waals surface area contributed by atoms with E-state index in [9.17, 15) is 0 Å². The molecule has 0 saturated carbocycles. The first-order valence-electron chi connectivity index (χ1n) is 8.91. The SMILES string of the molecule is CCc1nc(CC2CN(c3ncnc4nc(C)cc(C)c34)CCO2)no1. The van der Waals surface area contributed by atoms with Crippen molar-refractivity contribution in [3.8, 4) is 0 Å². The molecule has 1 atom stereocenters. The summed E-state index contributed by atoms with van der Waals surface area (Å²) in [4.78, 5) is 20.1. The Balaban J connectivity index is 1.59. The van der Waals surface area contributed by atoms with Crippen LogP contribution >= 0.6 is 0 Å². The van der Waals surface area contributed by atoms with Crippen molar-refractivity contribution in [1.82, 2.24) is 25.1 Å². The highest BCUT2D eigenvalue weighted by Crippen LogP contribution is 2.27. The first-order chi connectivity index (χ1) is 12.6. The Morgan fingerprint density at radius 2 is 2.12 bits per heavy atom. The van der Waals surface area contributed by atoms with Gasteiger partial charge in [-0.15, -0.1) is 0 Å². The second-order valence-electron chi connectivity index (χ2n) is 6.58. The average molecular weight is 354 g/mol. The topological polar surface area (TPSA) is 90.1 Å². The molecule has 4 rings (SSSR count). The summed E-state index contributed by atoms with van der Waals surface area (Å²) in [5, 5.41) is 5.04. The predicted octanol–water partition coefficient (Wildman–Crippen LogP) is 2.03. The van der Waals surface area contributed by atoms with Crippen molar-refractivity contribution < 1.29 is 9.26 Å². The fraction of sp³-hybridized carbons (Fsp3) is 0.500. The zero-order valence-corrected chi connectivity index (χ0v) is 15.3. The lowest BCUT2D eigenvalue weighted by molar-refractivity contribution is 0.0393. The lowest BCUT2D eigenvalue weighted by Crippen LogP contribution is -2.44. The summed E-state index contributed by atoms with van der Waals surface area (Å²) < 4.78 is 11.1. The molecule has 0 spiro atoms. The molecule has 1 unspecified atom stereocenters. The van der Waals surface area contributed by atoms with E-state index in [1.54, 1.807) is 6.33 Å². The van der Waals surface area contributed by atoms with Gasteiger partial charge >= 0.3 is 0 Å². The van der Waals surface area contributed by atoms with Crippen LogP contribution in [0.15, 0.2) is 16.9 Å². The van der Waals surface area contributed by atoms with Gasteiger partial charge in [-0.05, 0) is 25.5 Å². The molecule has 3 aromatic rings. The van der Waals surface area contributed by atoms with E-state index < -0.39 is 0 Å². The molecule has 8 heteroatoms. The largest absolute Gasteiger partial charge is 0.374 e. The molecular weight excluding hydrogens is 332 g/mol. The third-order valence-corrected chi connectivity index (χ3v) is 4.57. The molecule has 1 aliphatic rings. The fourth-order valence-corrected chi connectivity index (χ4v) is 3.38. The third-order valence-electron chi connectivity index (χ3n) is 4.57. The van der Waals surface area contributed by atoms with Crippen molar-refractivity contribution in [2.24, 2.45) is 0 Å². The summed E-state index contributed by atoms with van der Waals surface area (Å²) in [6, 6.07) is 2.07. The maximum absolute atomic E-state index is 5.92. The summed E-state index contributed by atoms with van der Waals surface area (Å²) in [5.74, 6) is 2.26. The molecule has 0 bridgehead atoms. The zero-order chi connectivity index (χ0) is 18.1. The van der Waals surface area contributed by atoms with Gasteiger partial charge in [-0.25, -0.2) is 15.0 Å². The number of pyridine rings is 1. The van der Waals surface area contributed by atoms with E-state index in [0.717, 1.165) is 47.6 Å². The Bertz CT molecular complexity index is 925. The van der Waals surface area contributed by atoms with E-state index >= 15 is 0 Å². The number of aromatic nitrogens is 5. The van der Waals surface area contributed by atoms with Crippen LogP contribution in [0.25, 0.3) is 11.0 Å². The third kappa shape index (κ3) is 3.24. The average Bonchev–Trinajstić information content (AvgIpc) is 3.08. The minimum atomic E-state index is -0.00483. The molecule has 136 valence electrons. The maximum Gasteiger partial charge on any atom is 0.226 e. The second-order valence-corrected chi connectivity index (χ2v) is 6.58. The number of hydrogen-bond acceptors (Lipinski definition) is 8. The number of rotatable bonds is 4. The minimum absolute atomic E-state index is 0.00483. The first kappa shape index (κ1) is 16.8. The van der Waals surface area contributed by atoms with Gasteiger partial charge in [-0.2, -0.15) is 4.98 Å². The standard InChI is InChI=1S/C18H22N6O2/c1-4-15-22-14(23-26-15)8-13-9-24(5-6-25-13)18-16-11(2)7-12(3)21-17(16)19-10-20-18/h7,10,13H,4-6,8-9H2,1-3H3. The van der Waals surface area contributed by atoms with Crippen LogP contribution in [0.1, 0.15) is 29.9 Å². The van der Waals surface area contributed by atoms with Crippen LogP contribution in [0.4, 0.5) is 5.82 Å². The van der Waals surface area contributed by atoms with Gasteiger partial charge in [0.1, 0.15) is 12.1 Å². The molecule has 0 aliphatic carbocycles. The molecular formula is C18H22N6O2. The molecule has 8 nitrogen and oxygen atoms in total. The van der Waals surface area contributed by atoms with Crippen molar-refractivity contribution in [3.05, 3.63) is 35.4 Å². The molecule has 4 heterocycles. The number of fused-ring (bicyclic) bond motifs is 1. The molecule has 26 heavy (non-hydrogen) atoms. The first-order valence-corrected chi connectivity index (χ1v) is 8.91. The Kier molecular flexibility index (Phi) is 4.50. The van der Waals surface area contributed by atoms with Gasteiger partial charge < -0.3 is 14.2 Å². The van der Waals surface area contributed by atoms with Crippen LogP contribution in [0, 0.1) is 13.8 Å². The van der Waals surface area contributed by atoms with Gasteiger partial charge in [0.2, 0.25) is 5.89 Å². The van der Waals surface area contributed by atoms with E-state index in [0.29, 0.717) is 24.7 Å². The molecule has 1 fully saturated rings. The maximum atomic E-state index is 5.92. The Labute approximate surface area is 151 Å². The molecule has 3 aromatic heterocycles. The summed E-state index contributed by atoms with van der Waals surface area (Å²) in [5.41, 5.74) is 2.83. The molecule has 1 aliphatic heterocycles. The minimum Gasteiger partial charge on any atom is -0.374 e. The van der Waals surface area contributed by atoms with E-state index in [-0.39, 0.29) is 6.10 Å². The molecule has 1 saturated heterocycles. The highest BCUT2D eigenvalue weighted by atomic mass is 16.5. The van der Waals surface area contributed by atoms with Crippen molar-refractivity contribution in [1.29, 1.82) is 0 Å². The highest BCUT2D eigenvalue weighted by molar-refractivity contribution is 5.90. The van der Waals surface area contributed by atoms with E-state index in [4.69, 9.17) is 9.26 Å². The van der Waals surface area contributed by atoms with E-state index in [1.807, 2.05) is 13.8 Å². The zero-order valence-electron chi connectivity index (χ0n) is 15.3. The number of nitrogens with zero attached hydrogens (tertiary/aromatic N) is 6. The highest BCUT2D eigenvalue weighted by Gasteiger charge is 2.25. The van der Waals surface area contributed by atoms with Gasteiger partial charge in [0.05, 0.1) is 18.1 Å². The van der Waals surface area contributed by atoms with Crippen LogP contribution < -0.4 is 4.90 Å². The molecule has 0 N–H and O–H groups in total. The van der Waals surface area contributed by atoms with Crippen molar-refractivity contribution in [2.75, 3.05) is 24.6 Å². The van der Waals surface area contributed by atoms with Crippen molar-refractivity contribution >= 4 is 16.9 Å². The van der Waals surface area contributed by atoms with Gasteiger partial charge in [-0.3, -0.25) is 0 Å². The molecule has 0 aromatic carbocycles. The molecule has 0 amide bonds. The lowest BCUT2D eigenvalue weighted by Gasteiger charge is -2.33. The second kappa shape index (κ2) is 6.95. The Hall–Kier alpha value is -2.61. The Morgan fingerprint density at radius 1 is 1.23 bits per heavy atom. The van der Waals surface area contributed by atoms with E-state index in [1.165, 1.54) is 0 Å². The smallest absolute Gasteiger partial charge is 0.226 e. The summed E-state index contributed by atoms with van der Waals surface area (Å²) in [6.07, 6.45) is 2.94. The van der Waals surface area contributed by atoms with Crippen LogP contribution in [0.3, 0.4) is 0 Å². The van der Waals surface area contributed by atoms with Crippen molar-refractivity contribution in [3.63, 3.8) is 0 Å². The number of aryl methyl sites for hydroxylation is 3. The van der Waals surface area contributed by atoms with Gasteiger partial charge in [0.25, 0.3) is 0 Å². The van der Waals surface area contributed by atoms with Crippen LogP contribution in [-0.4, -0.2) is 50.9 Å². The predicted molar refractivity (Wildman–Crippen MR) is 96.1 cm³/mol.